The topological polar surface area (TPSA) is 9.23 Å². The fourth-order valence-corrected chi connectivity index (χ4v) is 4.72. The molecule has 0 aromatic heterocycles. The van der Waals surface area contributed by atoms with E-state index >= 15 is 0 Å². The van der Waals surface area contributed by atoms with Gasteiger partial charge < -0.3 is 4.74 Å². The Labute approximate surface area is 205 Å². The van der Waals surface area contributed by atoms with Crippen molar-refractivity contribution in [1.82, 2.24) is 0 Å². The number of rotatable bonds is 20. The van der Waals surface area contributed by atoms with E-state index in [-0.39, 0.29) is 0 Å². The van der Waals surface area contributed by atoms with Crippen LogP contribution in [0.1, 0.15) is 113 Å². The second-order valence-corrected chi connectivity index (χ2v) is 9.69. The Bertz CT molecular complexity index is 658. The summed E-state index contributed by atoms with van der Waals surface area (Å²) < 4.78 is 5.92. The first-order valence-electron chi connectivity index (χ1n) is 14.1. The van der Waals surface area contributed by atoms with Crippen molar-refractivity contribution in [2.45, 2.75) is 117 Å². The van der Waals surface area contributed by atoms with Gasteiger partial charge in [0.2, 0.25) is 0 Å². The fourth-order valence-electron chi connectivity index (χ4n) is 4.72. The number of hydrogen-bond donors (Lipinski definition) is 0. The van der Waals surface area contributed by atoms with Gasteiger partial charge >= 0.3 is 0 Å². The first kappa shape index (κ1) is 27.6. The molecule has 0 aliphatic rings. The largest absolute Gasteiger partial charge is 0.381 e. The highest BCUT2D eigenvalue weighted by atomic mass is 16.5. The third-order valence-corrected chi connectivity index (χ3v) is 6.81. The van der Waals surface area contributed by atoms with Crippen molar-refractivity contribution in [3.05, 3.63) is 70.8 Å². The molecule has 2 aromatic carbocycles. The maximum absolute atomic E-state index is 5.92. The second kappa shape index (κ2) is 18.8. The summed E-state index contributed by atoms with van der Waals surface area (Å²) in [4.78, 5) is 0. The van der Waals surface area contributed by atoms with E-state index < -0.39 is 0 Å². The van der Waals surface area contributed by atoms with Crippen LogP contribution >= 0.6 is 0 Å². The van der Waals surface area contributed by atoms with E-state index in [4.69, 9.17) is 4.74 Å². The quantitative estimate of drug-likeness (QED) is 0.183. The Hall–Kier alpha value is -1.60. The zero-order valence-corrected chi connectivity index (χ0v) is 21.8. The van der Waals surface area contributed by atoms with Gasteiger partial charge in [0, 0.05) is 13.2 Å². The Kier molecular flexibility index (Phi) is 15.7. The van der Waals surface area contributed by atoms with Gasteiger partial charge in [0.15, 0.2) is 0 Å². The smallest absolute Gasteiger partial charge is 0.0466 e. The summed E-state index contributed by atoms with van der Waals surface area (Å²) in [6, 6.07) is 18.1. The van der Waals surface area contributed by atoms with Crippen molar-refractivity contribution in [1.29, 1.82) is 0 Å². The summed E-state index contributed by atoms with van der Waals surface area (Å²) in [5.74, 6) is 0. The molecule has 0 spiro atoms. The third-order valence-electron chi connectivity index (χ3n) is 6.81. The van der Waals surface area contributed by atoms with E-state index in [1.54, 1.807) is 22.3 Å². The van der Waals surface area contributed by atoms with E-state index in [1.165, 1.54) is 103 Å². The summed E-state index contributed by atoms with van der Waals surface area (Å²) in [7, 11) is 0. The monoisotopic (exact) mass is 450 g/mol. The minimum absolute atomic E-state index is 0.929. The molecule has 2 aromatic rings. The molecule has 184 valence electrons. The van der Waals surface area contributed by atoms with Crippen molar-refractivity contribution >= 4 is 0 Å². The van der Waals surface area contributed by atoms with Gasteiger partial charge in [-0.15, -0.1) is 0 Å². The molecule has 33 heavy (non-hydrogen) atoms. The molecule has 0 radical (unpaired) electrons. The highest BCUT2D eigenvalue weighted by Gasteiger charge is 2.03. The minimum Gasteiger partial charge on any atom is -0.381 e. The molecule has 0 aliphatic carbocycles. The van der Waals surface area contributed by atoms with Crippen molar-refractivity contribution in [3.63, 3.8) is 0 Å². The van der Waals surface area contributed by atoms with Crippen LogP contribution in [0.3, 0.4) is 0 Å². The number of unbranched alkanes of at least 4 members (excludes halogenated alkanes) is 8. The van der Waals surface area contributed by atoms with Gasteiger partial charge in [-0.05, 0) is 86.5 Å². The molecule has 1 nitrogen and oxygen atoms in total. The lowest BCUT2D eigenvalue weighted by Crippen LogP contribution is -1.99. The van der Waals surface area contributed by atoms with E-state index in [9.17, 15) is 0 Å². The summed E-state index contributed by atoms with van der Waals surface area (Å²) in [6.45, 7) is 6.42. The first-order valence-corrected chi connectivity index (χ1v) is 14.1. The van der Waals surface area contributed by atoms with Crippen LogP contribution in [0.15, 0.2) is 48.5 Å². The number of benzene rings is 2. The van der Waals surface area contributed by atoms with E-state index in [1.807, 2.05) is 0 Å². The Balaban J connectivity index is 1.47. The molecular weight excluding hydrogens is 400 g/mol. The van der Waals surface area contributed by atoms with Gasteiger partial charge in [-0.25, -0.2) is 0 Å². The summed E-state index contributed by atoms with van der Waals surface area (Å²) in [6.07, 6.45) is 20.4. The Morgan fingerprint density at radius 2 is 0.758 bits per heavy atom. The van der Waals surface area contributed by atoms with Crippen LogP contribution in [-0.4, -0.2) is 13.2 Å². The van der Waals surface area contributed by atoms with Gasteiger partial charge in [0.05, 0.1) is 0 Å². The summed E-state index contributed by atoms with van der Waals surface area (Å²) >= 11 is 0. The van der Waals surface area contributed by atoms with E-state index in [0.717, 1.165) is 13.2 Å². The van der Waals surface area contributed by atoms with Crippen LogP contribution in [0, 0.1) is 0 Å². The van der Waals surface area contributed by atoms with Crippen molar-refractivity contribution in [3.8, 4) is 0 Å². The number of hydrogen-bond acceptors (Lipinski definition) is 1. The lowest BCUT2D eigenvalue weighted by molar-refractivity contribution is 0.126. The molecule has 1 heteroatoms. The molecule has 0 aliphatic heterocycles. The average molecular weight is 451 g/mol. The van der Waals surface area contributed by atoms with Crippen molar-refractivity contribution in [2.24, 2.45) is 0 Å². The van der Waals surface area contributed by atoms with Crippen LogP contribution in [0.2, 0.25) is 0 Å². The highest BCUT2D eigenvalue weighted by molar-refractivity contribution is 5.28. The number of aryl methyl sites for hydroxylation is 4. The SMILES string of the molecule is CCCCCc1ccccc1CCCCCOCCCCCc1ccccc1CCCCC. The van der Waals surface area contributed by atoms with Crippen molar-refractivity contribution < 1.29 is 4.74 Å². The molecule has 0 saturated heterocycles. The zero-order valence-electron chi connectivity index (χ0n) is 21.8. The Morgan fingerprint density at radius 1 is 0.424 bits per heavy atom. The predicted molar refractivity (Wildman–Crippen MR) is 145 cm³/mol. The normalized spacial score (nSPS) is 11.2. The van der Waals surface area contributed by atoms with Gasteiger partial charge in [0.1, 0.15) is 0 Å². The zero-order chi connectivity index (χ0) is 23.4. The molecule has 2 rings (SSSR count). The van der Waals surface area contributed by atoms with Gasteiger partial charge in [-0.2, -0.15) is 0 Å². The molecule has 0 bridgehead atoms. The van der Waals surface area contributed by atoms with Crippen LogP contribution in [0.25, 0.3) is 0 Å². The van der Waals surface area contributed by atoms with E-state index in [0.29, 0.717) is 0 Å². The molecule has 0 atom stereocenters. The Morgan fingerprint density at radius 3 is 1.09 bits per heavy atom. The molecule has 0 amide bonds. The fraction of sp³-hybridized carbons (Fsp3) is 0.625. The van der Waals surface area contributed by atoms with Crippen LogP contribution in [0.5, 0.6) is 0 Å². The first-order chi connectivity index (χ1) is 16.3. The highest BCUT2D eigenvalue weighted by Crippen LogP contribution is 2.17. The maximum atomic E-state index is 5.92. The van der Waals surface area contributed by atoms with Crippen LogP contribution in [-0.2, 0) is 30.4 Å². The number of ether oxygens (including phenoxy) is 1. The molecule has 0 unspecified atom stereocenters. The molecule has 0 heterocycles. The standard InChI is InChI=1S/C32H50O/c1-3-5-9-19-29-23-13-15-25-31(29)21-11-7-17-27-33-28-18-8-12-22-32-26-16-14-24-30(32)20-10-6-4-2/h13-16,23-26H,3-12,17-22,27-28H2,1-2H3. The second-order valence-electron chi connectivity index (χ2n) is 9.69. The van der Waals surface area contributed by atoms with Gasteiger partial charge in [0.25, 0.3) is 0 Å². The molecular formula is C32H50O. The summed E-state index contributed by atoms with van der Waals surface area (Å²) in [5.41, 5.74) is 6.29. The summed E-state index contributed by atoms with van der Waals surface area (Å²) in [5, 5.41) is 0. The maximum Gasteiger partial charge on any atom is 0.0466 e. The van der Waals surface area contributed by atoms with Gasteiger partial charge in [-0.1, -0.05) is 101 Å². The molecule has 0 N–H and O–H groups in total. The van der Waals surface area contributed by atoms with Crippen LogP contribution < -0.4 is 0 Å². The molecule has 0 fully saturated rings. The third kappa shape index (κ3) is 12.4. The van der Waals surface area contributed by atoms with Crippen LogP contribution in [0.4, 0.5) is 0 Å². The van der Waals surface area contributed by atoms with E-state index in [2.05, 4.69) is 62.4 Å². The predicted octanol–water partition coefficient (Wildman–Crippen LogP) is 9.29. The van der Waals surface area contributed by atoms with Gasteiger partial charge in [-0.3, -0.25) is 0 Å². The lowest BCUT2D eigenvalue weighted by Gasteiger charge is -2.10. The average Bonchev–Trinajstić information content (AvgIpc) is 2.84. The molecule has 0 saturated carbocycles. The lowest BCUT2D eigenvalue weighted by atomic mass is 9.97. The minimum atomic E-state index is 0.929. The van der Waals surface area contributed by atoms with Crippen molar-refractivity contribution in [2.75, 3.05) is 13.2 Å².